The van der Waals surface area contributed by atoms with Crippen LogP contribution >= 0.6 is 22.6 Å². The lowest BCUT2D eigenvalue weighted by Gasteiger charge is -2.17. The molecule has 1 unspecified atom stereocenters. The first-order valence-electron chi connectivity index (χ1n) is 6.82. The summed E-state index contributed by atoms with van der Waals surface area (Å²) >= 11 is 2.18. The van der Waals surface area contributed by atoms with Crippen molar-refractivity contribution >= 4 is 39.9 Å². The largest absolute Gasteiger partial charge is 0.433 e. The Hall–Kier alpha value is -1.90. The van der Waals surface area contributed by atoms with Gasteiger partial charge in [0, 0.05) is 9.26 Å². The summed E-state index contributed by atoms with van der Waals surface area (Å²) in [7, 11) is 0. The zero-order chi connectivity index (χ0) is 16.8. The fourth-order valence-corrected chi connectivity index (χ4v) is 2.45. The molecule has 0 radical (unpaired) electrons. The highest BCUT2D eigenvalue weighted by Gasteiger charge is 2.16. The molecule has 1 amide bonds. The first kappa shape index (κ1) is 17.5. The van der Waals surface area contributed by atoms with Gasteiger partial charge in [-0.25, -0.2) is 0 Å². The molecule has 0 aliphatic rings. The number of hydrogen-bond acceptors (Lipinski definition) is 3. The monoisotopic (exact) mass is 432 g/mol. The Morgan fingerprint density at radius 3 is 2.61 bits per heavy atom. The lowest BCUT2D eigenvalue weighted by Crippen LogP contribution is -2.32. The van der Waals surface area contributed by atoms with Gasteiger partial charge in [0.2, 0.25) is 5.91 Å². The molecule has 2 aromatic carbocycles. The van der Waals surface area contributed by atoms with Gasteiger partial charge in [-0.3, -0.25) is 4.79 Å². The maximum absolute atomic E-state index is 12.4. The fourth-order valence-electron chi connectivity index (χ4n) is 1.90. The molecule has 0 saturated heterocycles. The third-order valence-corrected chi connectivity index (χ3v) is 3.63. The second kappa shape index (κ2) is 8.09. The van der Waals surface area contributed by atoms with E-state index in [0.29, 0.717) is 0 Å². The highest BCUT2D eigenvalue weighted by atomic mass is 127. The van der Waals surface area contributed by atoms with Crippen LogP contribution < -0.4 is 15.4 Å². The van der Waals surface area contributed by atoms with E-state index in [2.05, 4.69) is 38.0 Å². The number of nitrogens with one attached hydrogen (secondary N) is 2. The van der Waals surface area contributed by atoms with Crippen LogP contribution in [-0.2, 0) is 4.79 Å². The van der Waals surface area contributed by atoms with Crippen molar-refractivity contribution in [2.75, 3.05) is 10.6 Å². The SMILES string of the molecule is CC(Nc1cccc(I)c1)C(=O)Nc1ccccc1OC(F)F. The molecule has 2 N–H and O–H groups in total. The van der Waals surface area contributed by atoms with Crippen LogP contribution in [0, 0.1) is 3.57 Å². The van der Waals surface area contributed by atoms with Gasteiger partial charge in [0.15, 0.2) is 0 Å². The molecule has 23 heavy (non-hydrogen) atoms. The van der Waals surface area contributed by atoms with E-state index in [9.17, 15) is 13.6 Å². The number of ether oxygens (including phenoxy) is 1. The molecule has 4 nitrogen and oxygen atoms in total. The summed E-state index contributed by atoms with van der Waals surface area (Å²) in [4.78, 5) is 12.2. The van der Waals surface area contributed by atoms with E-state index < -0.39 is 12.7 Å². The molecule has 0 saturated carbocycles. The summed E-state index contributed by atoms with van der Waals surface area (Å²) in [5, 5.41) is 5.65. The normalized spacial score (nSPS) is 11.9. The minimum Gasteiger partial charge on any atom is -0.433 e. The number of carbonyl (C=O) groups is 1. The third kappa shape index (κ3) is 5.34. The molecule has 2 rings (SSSR count). The predicted molar refractivity (Wildman–Crippen MR) is 93.9 cm³/mol. The lowest BCUT2D eigenvalue weighted by molar-refractivity contribution is -0.116. The van der Waals surface area contributed by atoms with E-state index in [-0.39, 0.29) is 17.3 Å². The molecule has 0 aliphatic heterocycles. The van der Waals surface area contributed by atoms with Crippen molar-refractivity contribution < 1.29 is 18.3 Å². The first-order chi connectivity index (χ1) is 11.0. The summed E-state index contributed by atoms with van der Waals surface area (Å²) in [6.45, 7) is -1.26. The van der Waals surface area contributed by atoms with Gasteiger partial charge < -0.3 is 15.4 Å². The first-order valence-corrected chi connectivity index (χ1v) is 7.90. The smallest absolute Gasteiger partial charge is 0.387 e. The number of carbonyl (C=O) groups excluding carboxylic acids is 1. The average molecular weight is 432 g/mol. The maximum Gasteiger partial charge on any atom is 0.387 e. The molecule has 7 heteroatoms. The Bertz CT molecular complexity index is 683. The van der Waals surface area contributed by atoms with Gasteiger partial charge >= 0.3 is 6.61 Å². The average Bonchev–Trinajstić information content (AvgIpc) is 2.48. The number of halogens is 3. The minimum absolute atomic E-state index is 0.0719. The molecule has 0 bridgehead atoms. The summed E-state index contributed by atoms with van der Waals surface area (Å²) in [6.07, 6.45) is 0. The number of anilines is 2. The molecule has 2 aromatic rings. The highest BCUT2D eigenvalue weighted by molar-refractivity contribution is 14.1. The zero-order valence-electron chi connectivity index (χ0n) is 12.2. The maximum atomic E-state index is 12.4. The van der Waals surface area contributed by atoms with Crippen LogP contribution in [0.15, 0.2) is 48.5 Å². The molecule has 0 aliphatic carbocycles. The Morgan fingerprint density at radius 2 is 1.91 bits per heavy atom. The standard InChI is InChI=1S/C16H15F2IN2O2/c1-10(20-12-6-4-5-11(19)9-12)15(22)21-13-7-2-3-8-14(13)23-16(17)18/h2-10,16,20H,1H3,(H,21,22). The second-order valence-corrected chi connectivity index (χ2v) is 5.99. The van der Waals surface area contributed by atoms with Crippen LogP contribution in [0.1, 0.15) is 6.92 Å². The van der Waals surface area contributed by atoms with Gasteiger partial charge in [0.1, 0.15) is 11.8 Å². The lowest BCUT2D eigenvalue weighted by atomic mass is 10.2. The number of alkyl halides is 2. The Morgan fingerprint density at radius 1 is 1.17 bits per heavy atom. The van der Waals surface area contributed by atoms with Gasteiger partial charge in [-0.1, -0.05) is 18.2 Å². The van der Waals surface area contributed by atoms with E-state index in [1.54, 1.807) is 19.1 Å². The van der Waals surface area contributed by atoms with Crippen LogP contribution in [0.4, 0.5) is 20.2 Å². The van der Waals surface area contributed by atoms with Crippen molar-refractivity contribution in [3.05, 3.63) is 52.1 Å². The summed E-state index contributed by atoms with van der Waals surface area (Å²) in [5.41, 5.74) is 1.01. The van der Waals surface area contributed by atoms with E-state index in [4.69, 9.17) is 0 Å². The van der Waals surface area contributed by atoms with Gasteiger partial charge in [-0.05, 0) is 59.8 Å². The summed E-state index contributed by atoms with van der Waals surface area (Å²) in [5.74, 6) is -0.425. The zero-order valence-corrected chi connectivity index (χ0v) is 14.4. The summed E-state index contributed by atoms with van der Waals surface area (Å²) < 4.78 is 30.2. The van der Waals surface area contributed by atoms with Gasteiger partial charge in [0.25, 0.3) is 0 Å². The van der Waals surface area contributed by atoms with Crippen molar-refractivity contribution in [3.63, 3.8) is 0 Å². The van der Waals surface area contributed by atoms with E-state index >= 15 is 0 Å². The Labute approximate surface area is 146 Å². The fraction of sp³-hybridized carbons (Fsp3) is 0.188. The molecule has 0 aromatic heterocycles. The second-order valence-electron chi connectivity index (χ2n) is 4.74. The quantitative estimate of drug-likeness (QED) is 0.669. The van der Waals surface area contributed by atoms with Crippen molar-refractivity contribution in [1.82, 2.24) is 0 Å². The summed E-state index contributed by atoms with van der Waals surface area (Å²) in [6, 6.07) is 13.1. The number of hydrogen-bond donors (Lipinski definition) is 2. The van der Waals surface area contributed by atoms with Crippen LogP contribution in [0.25, 0.3) is 0 Å². The van der Waals surface area contributed by atoms with Crippen molar-refractivity contribution in [3.8, 4) is 5.75 Å². The van der Waals surface area contributed by atoms with E-state index in [0.717, 1.165) is 9.26 Å². The van der Waals surface area contributed by atoms with Crippen molar-refractivity contribution in [2.24, 2.45) is 0 Å². The number of para-hydroxylation sites is 2. The number of rotatable bonds is 6. The molecule has 1 atom stereocenters. The van der Waals surface area contributed by atoms with Gasteiger partial charge in [0.05, 0.1) is 5.69 Å². The Balaban J connectivity index is 2.04. The van der Waals surface area contributed by atoms with E-state index in [1.165, 1.54) is 12.1 Å². The van der Waals surface area contributed by atoms with Crippen LogP contribution in [0.2, 0.25) is 0 Å². The number of benzene rings is 2. The van der Waals surface area contributed by atoms with E-state index in [1.807, 2.05) is 24.3 Å². The number of amides is 1. The highest BCUT2D eigenvalue weighted by Crippen LogP contribution is 2.25. The minimum atomic E-state index is -2.95. The molecule has 0 spiro atoms. The van der Waals surface area contributed by atoms with Gasteiger partial charge in [-0.2, -0.15) is 8.78 Å². The molecule has 122 valence electrons. The molecular formula is C16H15F2IN2O2. The Kier molecular flexibility index (Phi) is 6.14. The van der Waals surface area contributed by atoms with Crippen molar-refractivity contribution in [1.29, 1.82) is 0 Å². The molecule has 0 heterocycles. The van der Waals surface area contributed by atoms with Crippen LogP contribution in [0.5, 0.6) is 5.75 Å². The van der Waals surface area contributed by atoms with Gasteiger partial charge in [-0.15, -0.1) is 0 Å². The topological polar surface area (TPSA) is 50.4 Å². The van der Waals surface area contributed by atoms with Crippen LogP contribution in [0.3, 0.4) is 0 Å². The van der Waals surface area contributed by atoms with Crippen LogP contribution in [-0.4, -0.2) is 18.6 Å². The predicted octanol–water partition coefficient (Wildman–Crippen LogP) is 4.33. The van der Waals surface area contributed by atoms with Crippen molar-refractivity contribution in [2.45, 2.75) is 19.6 Å². The third-order valence-electron chi connectivity index (χ3n) is 2.96. The molecular weight excluding hydrogens is 417 g/mol. The molecule has 0 fully saturated rings.